The van der Waals surface area contributed by atoms with Crippen molar-refractivity contribution >= 4 is 34.2 Å². The molecule has 4 nitrogen and oxygen atoms in total. The first-order valence-corrected chi connectivity index (χ1v) is 7.25. The van der Waals surface area contributed by atoms with E-state index >= 15 is 0 Å². The van der Waals surface area contributed by atoms with Crippen molar-refractivity contribution in [2.75, 3.05) is 20.3 Å². The number of methoxy groups -OCH3 is 1. The van der Waals surface area contributed by atoms with Gasteiger partial charge in [-0.25, -0.2) is 4.98 Å². The highest BCUT2D eigenvalue weighted by atomic mass is 127. The van der Waals surface area contributed by atoms with Crippen LogP contribution in [0.4, 0.5) is 0 Å². The summed E-state index contributed by atoms with van der Waals surface area (Å²) in [6.45, 7) is 2.08. The lowest BCUT2D eigenvalue weighted by Gasteiger charge is -2.05. The van der Waals surface area contributed by atoms with Crippen LogP contribution < -0.4 is 5.32 Å². The summed E-state index contributed by atoms with van der Waals surface area (Å²) in [5.41, 5.74) is 1.81. The molecule has 2 rings (SSSR count). The van der Waals surface area contributed by atoms with Crippen LogP contribution >= 0.6 is 34.2 Å². The molecule has 1 N–H and O–H groups in total. The zero-order valence-electron chi connectivity index (χ0n) is 10.5. The fourth-order valence-electron chi connectivity index (χ4n) is 1.65. The van der Waals surface area contributed by atoms with Crippen LogP contribution in [0.1, 0.15) is 5.69 Å². The average Bonchev–Trinajstić information content (AvgIpc) is 2.86. The fourth-order valence-corrected chi connectivity index (χ4v) is 2.16. The van der Waals surface area contributed by atoms with E-state index in [0.29, 0.717) is 18.2 Å². The maximum atomic E-state index is 6.13. The normalized spacial score (nSPS) is 10.9. The van der Waals surface area contributed by atoms with Gasteiger partial charge in [0.25, 0.3) is 0 Å². The van der Waals surface area contributed by atoms with E-state index in [9.17, 15) is 0 Å². The Morgan fingerprint density at radius 1 is 1.47 bits per heavy atom. The Kier molecular flexibility index (Phi) is 5.62. The molecule has 2 aromatic rings. The van der Waals surface area contributed by atoms with E-state index < -0.39 is 0 Å². The molecule has 1 aromatic heterocycles. The van der Waals surface area contributed by atoms with Crippen LogP contribution in [-0.2, 0) is 11.3 Å². The minimum Gasteiger partial charge on any atom is -0.443 e. The molecule has 0 bridgehead atoms. The summed E-state index contributed by atoms with van der Waals surface area (Å²) in [7, 11) is 1.68. The lowest BCUT2D eigenvalue weighted by atomic mass is 10.1. The van der Waals surface area contributed by atoms with Gasteiger partial charge in [0.2, 0.25) is 0 Å². The van der Waals surface area contributed by atoms with Crippen LogP contribution in [-0.4, -0.2) is 25.2 Å². The molecule has 102 valence electrons. The maximum absolute atomic E-state index is 6.13. The SMILES string of the molecule is COCCNCc1ncoc1-c1ccc(I)c(Cl)c1. The van der Waals surface area contributed by atoms with Crippen molar-refractivity contribution in [3.63, 3.8) is 0 Å². The van der Waals surface area contributed by atoms with Crippen molar-refractivity contribution in [1.82, 2.24) is 10.3 Å². The van der Waals surface area contributed by atoms with E-state index in [2.05, 4.69) is 32.9 Å². The molecule has 0 saturated heterocycles. The number of oxazole rings is 1. The van der Waals surface area contributed by atoms with Crippen LogP contribution in [0.2, 0.25) is 5.02 Å². The molecule has 0 fully saturated rings. The summed E-state index contributed by atoms with van der Waals surface area (Å²) < 4.78 is 11.5. The first kappa shape index (κ1) is 14.8. The van der Waals surface area contributed by atoms with Gasteiger partial charge in [0, 0.05) is 29.3 Å². The molecule has 0 aliphatic heterocycles. The fraction of sp³-hybridized carbons (Fsp3) is 0.308. The number of hydrogen-bond acceptors (Lipinski definition) is 4. The van der Waals surface area contributed by atoms with Crippen molar-refractivity contribution in [2.24, 2.45) is 0 Å². The first-order chi connectivity index (χ1) is 9.22. The largest absolute Gasteiger partial charge is 0.443 e. The Balaban J connectivity index is 2.12. The topological polar surface area (TPSA) is 47.3 Å². The Bertz CT molecular complexity index is 545. The monoisotopic (exact) mass is 392 g/mol. The number of nitrogens with zero attached hydrogens (tertiary/aromatic N) is 1. The van der Waals surface area contributed by atoms with Gasteiger partial charge in [0.05, 0.1) is 11.6 Å². The molecule has 1 heterocycles. The quantitative estimate of drug-likeness (QED) is 0.605. The van der Waals surface area contributed by atoms with Gasteiger partial charge in [0.15, 0.2) is 12.2 Å². The Morgan fingerprint density at radius 3 is 3.05 bits per heavy atom. The lowest BCUT2D eigenvalue weighted by molar-refractivity contribution is 0.199. The number of aromatic nitrogens is 1. The zero-order valence-corrected chi connectivity index (χ0v) is 13.4. The third-order valence-corrected chi connectivity index (χ3v) is 4.17. The molecule has 0 spiro atoms. The smallest absolute Gasteiger partial charge is 0.181 e. The molecular formula is C13H14ClIN2O2. The van der Waals surface area contributed by atoms with Gasteiger partial charge >= 0.3 is 0 Å². The molecule has 19 heavy (non-hydrogen) atoms. The average molecular weight is 393 g/mol. The van der Waals surface area contributed by atoms with Crippen molar-refractivity contribution in [3.05, 3.63) is 38.9 Å². The number of nitrogens with one attached hydrogen (secondary N) is 1. The van der Waals surface area contributed by atoms with E-state index in [4.69, 9.17) is 20.8 Å². The van der Waals surface area contributed by atoms with Gasteiger partial charge in [-0.05, 0) is 34.7 Å². The molecule has 0 aliphatic carbocycles. The number of rotatable bonds is 6. The summed E-state index contributed by atoms with van der Waals surface area (Å²) >= 11 is 8.32. The zero-order chi connectivity index (χ0) is 13.7. The van der Waals surface area contributed by atoms with Crippen LogP contribution in [0.15, 0.2) is 29.0 Å². The number of halogens is 2. The van der Waals surface area contributed by atoms with E-state index in [-0.39, 0.29) is 0 Å². The Labute approximate surface area is 130 Å². The number of hydrogen-bond donors (Lipinski definition) is 1. The predicted octanol–water partition coefficient (Wildman–Crippen LogP) is 3.34. The van der Waals surface area contributed by atoms with E-state index in [0.717, 1.165) is 27.1 Å². The molecule has 0 aliphatic rings. The van der Waals surface area contributed by atoms with Crippen molar-refractivity contribution < 1.29 is 9.15 Å². The molecule has 6 heteroatoms. The molecule has 0 radical (unpaired) electrons. The summed E-state index contributed by atoms with van der Waals surface area (Å²) in [6, 6.07) is 5.83. The lowest BCUT2D eigenvalue weighted by Crippen LogP contribution is -2.19. The minimum atomic E-state index is 0.638. The van der Waals surface area contributed by atoms with Gasteiger partial charge in [-0.3, -0.25) is 0 Å². The third kappa shape index (κ3) is 3.92. The second-order valence-corrected chi connectivity index (χ2v) is 5.50. The van der Waals surface area contributed by atoms with Gasteiger partial charge in [-0.15, -0.1) is 0 Å². The maximum Gasteiger partial charge on any atom is 0.181 e. The van der Waals surface area contributed by atoms with E-state index in [1.54, 1.807) is 7.11 Å². The summed E-state index contributed by atoms with van der Waals surface area (Å²) in [5.74, 6) is 0.753. The van der Waals surface area contributed by atoms with Gasteiger partial charge < -0.3 is 14.5 Å². The molecular weight excluding hydrogens is 379 g/mol. The second kappa shape index (κ2) is 7.23. The highest BCUT2D eigenvalue weighted by Gasteiger charge is 2.11. The molecule has 0 amide bonds. The molecule has 0 unspecified atom stereocenters. The van der Waals surface area contributed by atoms with Crippen LogP contribution in [0.3, 0.4) is 0 Å². The predicted molar refractivity (Wildman–Crippen MR) is 83.2 cm³/mol. The van der Waals surface area contributed by atoms with E-state index in [1.807, 2.05) is 18.2 Å². The van der Waals surface area contributed by atoms with E-state index in [1.165, 1.54) is 6.39 Å². The van der Waals surface area contributed by atoms with Crippen molar-refractivity contribution in [3.8, 4) is 11.3 Å². The highest BCUT2D eigenvalue weighted by molar-refractivity contribution is 14.1. The molecule has 0 saturated carbocycles. The first-order valence-electron chi connectivity index (χ1n) is 5.80. The summed E-state index contributed by atoms with van der Waals surface area (Å²) in [5, 5.41) is 3.96. The van der Waals surface area contributed by atoms with Gasteiger partial charge in [-0.1, -0.05) is 17.7 Å². The van der Waals surface area contributed by atoms with Crippen LogP contribution in [0.5, 0.6) is 0 Å². The number of ether oxygens (including phenoxy) is 1. The summed E-state index contributed by atoms with van der Waals surface area (Å²) in [4.78, 5) is 4.23. The van der Waals surface area contributed by atoms with Crippen LogP contribution in [0, 0.1) is 3.57 Å². The van der Waals surface area contributed by atoms with Crippen molar-refractivity contribution in [1.29, 1.82) is 0 Å². The molecule has 0 atom stereocenters. The second-order valence-electron chi connectivity index (χ2n) is 3.93. The minimum absolute atomic E-state index is 0.638. The summed E-state index contributed by atoms with van der Waals surface area (Å²) in [6.07, 6.45) is 1.45. The van der Waals surface area contributed by atoms with Gasteiger partial charge in [0.1, 0.15) is 5.69 Å². The van der Waals surface area contributed by atoms with Gasteiger partial charge in [-0.2, -0.15) is 0 Å². The highest BCUT2D eigenvalue weighted by Crippen LogP contribution is 2.28. The molecule has 1 aromatic carbocycles. The Hall–Kier alpha value is -0.630. The third-order valence-electron chi connectivity index (χ3n) is 2.60. The van der Waals surface area contributed by atoms with Crippen molar-refractivity contribution in [2.45, 2.75) is 6.54 Å². The van der Waals surface area contributed by atoms with Crippen LogP contribution in [0.25, 0.3) is 11.3 Å². The Morgan fingerprint density at radius 2 is 2.32 bits per heavy atom. The standard InChI is InChI=1S/C13H14ClIN2O2/c1-18-5-4-16-7-12-13(19-8-17-12)9-2-3-11(15)10(14)6-9/h2-3,6,8,16H,4-5,7H2,1H3. The number of benzene rings is 1.